The Bertz CT molecular complexity index is 1170. The second-order valence-corrected chi connectivity index (χ2v) is 8.34. The van der Waals surface area contributed by atoms with Crippen molar-refractivity contribution in [3.8, 4) is 22.9 Å². The Morgan fingerprint density at radius 3 is 2.39 bits per heavy atom. The fourth-order valence-electron chi connectivity index (χ4n) is 3.84. The predicted molar refractivity (Wildman–Crippen MR) is 115 cm³/mol. The van der Waals surface area contributed by atoms with Gasteiger partial charge in [0.2, 0.25) is 5.88 Å². The van der Waals surface area contributed by atoms with Gasteiger partial charge < -0.3 is 14.7 Å². The summed E-state index contributed by atoms with van der Waals surface area (Å²) in [6.45, 7) is 3.40. The number of carbonyl (C=O) groups is 2. The molecule has 1 atom stereocenters. The van der Waals surface area contributed by atoms with Crippen LogP contribution in [0.1, 0.15) is 41.3 Å². The molecular weight excluding hydrogens is 394 g/mol. The van der Waals surface area contributed by atoms with Crippen molar-refractivity contribution in [1.82, 2.24) is 14.9 Å². The van der Waals surface area contributed by atoms with Gasteiger partial charge in [0.25, 0.3) is 5.91 Å². The molecule has 7 heteroatoms. The number of ether oxygens (including phenoxy) is 1. The number of carboxylic acids is 1. The molecule has 31 heavy (non-hydrogen) atoms. The molecule has 7 nitrogen and oxygen atoms in total. The van der Waals surface area contributed by atoms with Gasteiger partial charge in [-0.05, 0) is 38.1 Å². The van der Waals surface area contributed by atoms with Gasteiger partial charge in [-0.25, -0.2) is 4.98 Å². The maximum absolute atomic E-state index is 12.1. The summed E-state index contributed by atoms with van der Waals surface area (Å²) < 4.78 is 6.01. The van der Waals surface area contributed by atoms with Crippen LogP contribution in [-0.2, 0) is 4.79 Å². The zero-order valence-electron chi connectivity index (χ0n) is 17.8. The number of benzene rings is 1. The number of amides is 1. The van der Waals surface area contributed by atoms with Crippen LogP contribution in [0.3, 0.4) is 0 Å². The smallest absolute Gasteiger partial charge is 0.310 e. The summed E-state index contributed by atoms with van der Waals surface area (Å²) in [6.07, 6.45) is 3.22. The van der Waals surface area contributed by atoms with Crippen LogP contribution in [0.15, 0.2) is 54.9 Å². The van der Waals surface area contributed by atoms with Gasteiger partial charge in [-0.2, -0.15) is 0 Å². The van der Waals surface area contributed by atoms with Crippen LogP contribution < -0.4 is 4.74 Å². The molecule has 0 fully saturated rings. The number of rotatable bonds is 4. The molecule has 1 unspecified atom stereocenters. The van der Waals surface area contributed by atoms with Crippen molar-refractivity contribution in [3.63, 3.8) is 0 Å². The lowest BCUT2D eigenvalue weighted by molar-refractivity contribution is -0.147. The number of pyridine rings is 2. The second-order valence-electron chi connectivity index (χ2n) is 8.34. The Morgan fingerprint density at radius 2 is 1.74 bits per heavy atom. The van der Waals surface area contributed by atoms with Crippen LogP contribution in [0.5, 0.6) is 11.6 Å². The molecular formula is C24H23N3O4. The highest BCUT2D eigenvalue weighted by Gasteiger charge is 2.44. The summed E-state index contributed by atoms with van der Waals surface area (Å²) in [4.78, 5) is 34.5. The molecule has 1 amide bonds. The average Bonchev–Trinajstić information content (AvgIpc) is 2.76. The van der Waals surface area contributed by atoms with Crippen LogP contribution in [0.4, 0.5) is 0 Å². The zero-order chi connectivity index (χ0) is 22.3. The van der Waals surface area contributed by atoms with Crippen molar-refractivity contribution in [2.75, 3.05) is 14.1 Å². The second kappa shape index (κ2) is 7.50. The van der Waals surface area contributed by atoms with Gasteiger partial charge >= 0.3 is 5.97 Å². The van der Waals surface area contributed by atoms with E-state index in [2.05, 4.69) is 9.97 Å². The molecule has 1 aliphatic rings. The SMILES string of the molecule is CN(C)C(=O)c1ccc(-c2ccc3c(n2)Oc2cnccc2C3C(C)(C)C(=O)O)cc1. The summed E-state index contributed by atoms with van der Waals surface area (Å²) in [7, 11) is 3.42. The van der Waals surface area contributed by atoms with Gasteiger partial charge in [0.1, 0.15) is 0 Å². The van der Waals surface area contributed by atoms with E-state index < -0.39 is 17.3 Å². The van der Waals surface area contributed by atoms with Gasteiger partial charge in [-0.3, -0.25) is 14.6 Å². The maximum Gasteiger partial charge on any atom is 0.310 e. The Hall–Kier alpha value is -3.74. The van der Waals surface area contributed by atoms with E-state index in [0.29, 0.717) is 28.5 Å². The lowest BCUT2D eigenvalue weighted by atomic mass is 9.70. The van der Waals surface area contributed by atoms with Crippen LogP contribution >= 0.6 is 0 Å². The Balaban J connectivity index is 1.77. The molecule has 158 valence electrons. The van der Waals surface area contributed by atoms with Gasteiger partial charge in [-0.15, -0.1) is 0 Å². The normalized spacial score (nSPS) is 14.8. The molecule has 4 rings (SSSR count). The van der Waals surface area contributed by atoms with Crippen molar-refractivity contribution in [3.05, 3.63) is 71.5 Å². The molecule has 0 radical (unpaired) electrons. The van der Waals surface area contributed by atoms with Crippen LogP contribution in [0.25, 0.3) is 11.3 Å². The Morgan fingerprint density at radius 1 is 1.03 bits per heavy atom. The van der Waals surface area contributed by atoms with Crippen LogP contribution in [0.2, 0.25) is 0 Å². The molecule has 0 spiro atoms. The number of nitrogens with zero attached hydrogens (tertiary/aromatic N) is 3. The van der Waals surface area contributed by atoms with Crippen molar-refractivity contribution >= 4 is 11.9 Å². The topological polar surface area (TPSA) is 92.6 Å². The number of carbonyl (C=O) groups excluding carboxylic acids is 1. The summed E-state index contributed by atoms with van der Waals surface area (Å²) in [6, 6.07) is 12.7. The number of carboxylic acid groups (broad SMARTS) is 1. The maximum atomic E-state index is 12.1. The van der Waals surface area contributed by atoms with E-state index in [1.54, 1.807) is 58.5 Å². The highest BCUT2D eigenvalue weighted by molar-refractivity contribution is 5.94. The van der Waals surface area contributed by atoms with Crippen LogP contribution in [0, 0.1) is 5.41 Å². The standard InChI is InChI=1S/C24H23N3O4/c1-24(2,23(29)30)20-16-11-12-25-13-19(16)31-21-17(20)9-10-18(26-21)14-5-7-15(8-6-14)22(28)27(3)4/h5-13,20H,1-4H3,(H,29,30). The van der Waals surface area contributed by atoms with Crippen molar-refractivity contribution in [1.29, 1.82) is 0 Å². The number of hydrogen-bond acceptors (Lipinski definition) is 5. The van der Waals surface area contributed by atoms with Crippen molar-refractivity contribution in [2.24, 2.45) is 5.41 Å². The Kier molecular flexibility index (Phi) is 4.97. The predicted octanol–water partition coefficient (Wildman–Crippen LogP) is 4.19. The molecule has 3 aromatic rings. The first kappa shape index (κ1) is 20.5. The minimum Gasteiger partial charge on any atom is -0.481 e. The van der Waals surface area contributed by atoms with Gasteiger partial charge in [0, 0.05) is 48.5 Å². The van der Waals surface area contributed by atoms with Gasteiger partial charge in [0.15, 0.2) is 5.75 Å². The quantitative estimate of drug-likeness (QED) is 0.684. The summed E-state index contributed by atoms with van der Waals surface area (Å²) >= 11 is 0. The molecule has 0 saturated carbocycles. The molecule has 2 aromatic heterocycles. The number of aromatic nitrogens is 2. The lowest BCUT2D eigenvalue weighted by Crippen LogP contribution is -2.34. The van der Waals surface area contributed by atoms with E-state index in [1.165, 1.54) is 4.90 Å². The van der Waals surface area contributed by atoms with E-state index >= 15 is 0 Å². The lowest BCUT2D eigenvalue weighted by Gasteiger charge is -2.35. The highest BCUT2D eigenvalue weighted by atomic mass is 16.5. The molecule has 0 aliphatic carbocycles. The fraction of sp³-hybridized carbons (Fsp3) is 0.250. The minimum absolute atomic E-state index is 0.0730. The molecule has 0 bridgehead atoms. The summed E-state index contributed by atoms with van der Waals surface area (Å²) in [5.41, 5.74) is 2.50. The fourth-order valence-corrected chi connectivity index (χ4v) is 3.84. The van der Waals surface area contributed by atoms with E-state index in [1.807, 2.05) is 24.3 Å². The molecule has 1 aliphatic heterocycles. The number of aliphatic carboxylic acids is 1. The first-order valence-electron chi connectivity index (χ1n) is 9.88. The largest absolute Gasteiger partial charge is 0.481 e. The molecule has 3 heterocycles. The Labute approximate surface area is 180 Å². The van der Waals surface area contributed by atoms with Crippen molar-refractivity contribution in [2.45, 2.75) is 19.8 Å². The number of hydrogen-bond donors (Lipinski definition) is 1. The van der Waals surface area contributed by atoms with E-state index in [4.69, 9.17) is 4.74 Å². The number of fused-ring (bicyclic) bond motifs is 2. The van der Waals surface area contributed by atoms with Crippen molar-refractivity contribution < 1.29 is 19.4 Å². The summed E-state index contributed by atoms with van der Waals surface area (Å²) in [5.74, 6) is -0.542. The molecule has 1 aromatic carbocycles. The van der Waals surface area contributed by atoms with E-state index in [-0.39, 0.29) is 5.91 Å². The minimum atomic E-state index is -1.08. The molecule has 0 saturated heterocycles. The average molecular weight is 417 g/mol. The first-order chi connectivity index (χ1) is 14.7. The zero-order valence-corrected chi connectivity index (χ0v) is 17.8. The van der Waals surface area contributed by atoms with Crippen LogP contribution in [-0.4, -0.2) is 45.9 Å². The third kappa shape index (κ3) is 3.52. The van der Waals surface area contributed by atoms with Gasteiger partial charge in [0.05, 0.1) is 17.3 Å². The highest BCUT2D eigenvalue weighted by Crippen LogP contribution is 2.51. The molecule has 1 N–H and O–H groups in total. The summed E-state index contributed by atoms with van der Waals surface area (Å²) in [5, 5.41) is 9.88. The van der Waals surface area contributed by atoms with Gasteiger partial charge in [-0.1, -0.05) is 18.2 Å². The first-order valence-corrected chi connectivity index (χ1v) is 9.88. The third-order valence-corrected chi connectivity index (χ3v) is 5.64. The van der Waals surface area contributed by atoms with E-state index in [9.17, 15) is 14.7 Å². The van der Waals surface area contributed by atoms with E-state index in [0.717, 1.165) is 11.1 Å². The third-order valence-electron chi connectivity index (χ3n) is 5.64. The monoisotopic (exact) mass is 417 g/mol.